The van der Waals surface area contributed by atoms with E-state index < -0.39 is 0 Å². The molecule has 1 saturated heterocycles. The average molecular weight is 273 g/mol. The third kappa shape index (κ3) is 3.27. The molecule has 0 amide bonds. The summed E-state index contributed by atoms with van der Waals surface area (Å²) in [7, 11) is 0. The van der Waals surface area contributed by atoms with Crippen LogP contribution in [-0.4, -0.2) is 19.6 Å². The molecule has 94 valence electrons. The van der Waals surface area contributed by atoms with E-state index >= 15 is 0 Å². The number of nitrogens with two attached hydrogens (primary N) is 1. The summed E-state index contributed by atoms with van der Waals surface area (Å²) in [6.07, 6.45) is 3.59. The van der Waals surface area contributed by atoms with Crippen LogP contribution >= 0.6 is 23.2 Å². The second kappa shape index (κ2) is 5.94. The molecule has 1 aromatic carbocycles. The van der Waals surface area contributed by atoms with Gasteiger partial charge in [0.2, 0.25) is 0 Å². The van der Waals surface area contributed by atoms with Gasteiger partial charge < -0.3 is 10.6 Å². The summed E-state index contributed by atoms with van der Waals surface area (Å²) in [5.41, 5.74) is 6.77. The Morgan fingerprint density at radius 3 is 2.47 bits per heavy atom. The zero-order chi connectivity index (χ0) is 12.3. The number of anilines is 1. The van der Waals surface area contributed by atoms with E-state index in [9.17, 15) is 0 Å². The van der Waals surface area contributed by atoms with Gasteiger partial charge in [0.15, 0.2) is 0 Å². The molecule has 0 bridgehead atoms. The van der Waals surface area contributed by atoms with Gasteiger partial charge in [-0.15, -0.1) is 0 Å². The van der Waals surface area contributed by atoms with Gasteiger partial charge in [-0.1, -0.05) is 23.2 Å². The van der Waals surface area contributed by atoms with Gasteiger partial charge in [-0.3, -0.25) is 0 Å². The standard InChI is InChI=1S/C13H18Cl2N2/c14-12-2-1-11(9-13(12)15)17-7-4-10(3-6-16)5-8-17/h1-2,9-10H,3-8,16H2. The van der Waals surface area contributed by atoms with Gasteiger partial charge in [-0.05, 0) is 49.9 Å². The lowest BCUT2D eigenvalue weighted by Crippen LogP contribution is -2.34. The fourth-order valence-electron chi connectivity index (χ4n) is 2.40. The normalized spacial score (nSPS) is 17.5. The quantitative estimate of drug-likeness (QED) is 0.912. The second-order valence-corrected chi connectivity index (χ2v) is 5.42. The van der Waals surface area contributed by atoms with Gasteiger partial charge in [0, 0.05) is 18.8 Å². The summed E-state index contributed by atoms with van der Waals surface area (Å²) in [6, 6.07) is 5.86. The van der Waals surface area contributed by atoms with Gasteiger partial charge in [-0.25, -0.2) is 0 Å². The highest BCUT2D eigenvalue weighted by Crippen LogP contribution is 2.30. The van der Waals surface area contributed by atoms with Gasteiger partial charge in [0.05, 0.1) is 10.0 Å². The van der Waals surface area contributed by atoms with Crippen molar-refractivity contribution < 1.29 is 0 Å². The lowest BCUT2D eigenvalue weighted by molar-refractivity contribution is 0.386. The van der Waals surface area contributed by atoms with Crippen molar-refractivity contribution in [3.05, 3.63) is 28.2 Å². The first-order valence-corrected chi connectivity index (χ1v) is 6.86. The molecule has 0 radical (unpaired) electrons. The Balaban J connectivity index is 1.98. The predicted octanol–water partition coefficient (Wildman–Crippen LogP) is 3.56. The molecule has 0 aromatic heterocycles. The lowest BCUT2D eigenvalue weighted by atomic mass is 9.93. The predicted molar refractivity (Wildman–Crippen MR) is 75.1 cm³/mol. The van der Waals surface area contributed by atoms with Crippen LogP contribution in [0.2, 0.25) is 10.0 Å². The van der Waals surface area contributed by atoms with E-state index in [-0.39, 0.29) is 0 Å². The fraction of sp³-hybridized carbons (Fsp3) is 0.538. The van der Waals surface area contributed by atoms with Crippen LogP contribution in [0, 0.1) is 5.92 Å². The van der Waals surface area contributed by atoms with Crippen LogP contribution in [0.3, 0.4) is 0 Å². The van der Waals surface area contributed by atoms with Crippen LogP contribution in [0.5, 0.6) is 0 Å². The number of rotatable bonds is 3. The van der Waals surface area contributed by atoms with Crippen LogP contribution < -0.4 is 10.6 Å². The van der Waals surface area contributed by atoms with Crippen molar-refractivity contribution in [3.8, 4) is 0 Å². The summed E-state index contributed by atoms with van der Waals surface area (Å²) in [4.78, 5) is 2.37. The van der Waals surface area contributed by atoms with E-state index in [4.69, 9.17) is 28.9 Å². The van der Waals surface area contributed by atoms with E-state index in [1.807, 2.05) is 18.2 Å². The third-order valence-electron chi connectivity index (χ3n) is 3.46. The minimum atomic E-state index is 0.619. The van der Waals surface area contributed by atoms with Gasteiger partial charge in [0.1, 0.15) is 0 Å². The van der Waals surface area contributed by atoms with E-state index in [1.165, 1.54) is 18.5 Å². The first kappa shape index (κ1) is 13.0. The van der Waals surface area contributed by atoms with Crippen LogP contribution in [0.1, 0.15) is 19.3 Å². The Morgan fingerprint density at radius 1 is 1.18 bits per heavy atom. The largest absolute Gasteiger partial charge is 0.371 e. The molecule has 1 heterocycles. The maximum atomic E-state index is 6.04. The lowest BCUT2D eigenvalue weighted by Gasteiger charge is -2.33. The zero-order valence-corrected chi connectivity index (χ0v) is 11.3. The van der Waals surface area contributed by atoms with Crippen LogP contribution in [0.25, 0.3) is 0 Å². The van der Waals surface area contributed by atoms with Crippen molar-refractivity contribution >= 4 is 28.9 Å². The van der Waals surface area contributed by atoms with Crippen molar-refractivity contribution in [1.82, 2.24) is 0 Å². The number of piperidine rings is 1. The Kier molecular flexibility index (Phi) is 4.55. The highest BCUT2D eigenvalue weighted by Gasteiger charge is 2.19. The summed E-state index contributed by atoms with van der Waals surface area (Å²) in [6.45, 7) is 2.97. The average Bonchev–Trinajstić information content (AvgIpc) is 2.34. The molecule has 4 heteroatoms. The summed E-state index contributed by atoms with van der Waals surface area (Å²) in [5, 5.41) is 1.25. The monoisotopic (exact) mass is 272 g/mol. The molecule has 1 aliphatic rings. The van der Waals surface area contributed by atoms with Gasteiger partial charge in [0.25, 0.3) is 0 Å². The van der Waals surface area contributed by atoms with E-state index in [0.29, 0.717) is 10.0 Å². The highest BCUT2D eigenvalue weighted by molar-refractivity contribution is 6.42. The molecule has 0 saturated carbocycles. The topological polar surface area (TPSA) is 29.3 Å². The summed E-state index contributed by atoms with van der Waals surface area (Å²) >= 11 is 12.0. The van der Waals surface area contributed by atoms with Crippen LogP contribution in [0.4, 0.5) is 5.69 Å². The first-order chi connectivity index (χ1) is 8.20. The van der Waals surface area contributed by atoms with E-state index in [0.717, 1.165) is 32.0 Å². The number of hydrogen-bond acceptors (Lipinski definition) is 2. The minimum Gasteiger partial charge on any atom is -0.371 e. The molecule has 2 rings (SSSR count). The number of benzene rings is 1. The number of nitrogens with zero attached hydrogens (tertiary/aromatic N) is 1. The molecular formula is C13H18Cl2N2. The molecular weight excluding hydrogens is 255 g/mol. The van der Waals surface area contributed by atoms with Crippen molar-refractivity contribution in [3.63, 3.8) is 0 Å². The smallest absolute Gasteiger partial charge is 0.0612 e. The van der Waals surface area contributed by atoms with Crippen LogP contribution in [-0.2, 0) is 0 Å². The molecule has 0 atom stereocenters. The van der Waals surface area contributed by atoms with Crippen molar-refractivity contribution in [2.45, 2.75) is 19.3 Å². The maximum Gasteiger partial charge on any atom is 0.0612 e. The maximum absolute atomic E-state index is 6.04. The van der Waals surface area contributed by atoms with E-state index in [2.05, 4.69) is 4.90 Å². The molecule has 2 nitrogen and oxygen atoms in total. The summed E-state index contributed by atoms with van der Waals surface area (Å²) < 4.78 is 0. The molecule has 0 unspecified atom stereocenters. The van der Waals surface area contributed by atoms with Crippen molar-refractivity contribution in [2.24, 2.45) is 11.7 Å². The number of hydrogen-bond donors (Lipinski definition) is 1. The van der Waals surface area contributed by atoms with Gasteiger partial charge in [-0.2, -0.15) is 0 Å². The molecule has 1 aliphatic heterocycles. The molecule has 1 fully saturated rings. The zero-order valence-electron chi connectivity index (χ0n) is 9.83. The number of halogens is 2. The summed E-state index contributed by atoms with van der Waals surface area (Å²) in [5.74, 6) is 0.791. The third-order valence-corrected chi connectivity index (χ3v) is 4.20. The SMILES string of the molecule is NCCC1CCN(c2ccc(Cl)c(Cl)c2)CC1. The van der Waals surface area contributed by atoms with E-state index in [1.54, 1.807) is 0 Å². The van der Waals surface area contributed by atoms with Crippen molar-refractivity contribution in [1.29, 1.82) is 0 Å². The molecule has 17 heavy (non-hydrogen) atoms. The van der Waals surface area contributed by atoms with Crippen molar-refractivity contribution in [2.75, 3.05) is 24.5 Å². The van der Waals surface area contributed by atoms with Crippen LogP contribution in [0.15, 0.2) is 18.2 Å². The fourth-order valence-corrected chi connectivity index (χ4v) is 2.69. The minimum absolute atomic E-state index is 0.619. The molecule has 0 aliphatic carbocycles. The Bertz CT molecular complexity index is 374. The second-order valence-electron chi connectivity index (χ2n) is 4.61. The highest BCUT2D eigenvalue weighted by atomic mass is 35.5. The molecule has 2 N–H and O–H groups in total. The first-order valence-electron chi connectivity index (χ1n) is 6.11. The molecule has 0 spiro atoms. The Hall–Kier alpha value is -0.440. The Morgan fingerprint density at radius 2 is 1.88 bits per heavy atom. The molecule has 1 aromatic rings. The van der Waals surface area contributed by atoms with Gasteiger partial charge >= 0.3 is 0 Å². The Labute approximate surface area is 113 Å².